The third-order valence-corrected chi connectivity index (χ3v) is 6.14. The number of hydrogen-bond acceptors (Lipinski definition) is 4. The van der Waals surface area contributed by atoms with Crippen molar-refractivity contribution in [2.75, 3.05) is 6.54 Å². The molecule has 0 saturated carbocycles. The molecular weight excluding hydrogens is 350 g/mol. The van der Waals surface area contributed by atoms with Gasteiger partial charge in [-0.25, -0.2) is 8.42 Å². The lowest BCUT2D eigenvalue weighted by Gasteiger charge is -2.13. The average molecular weight is 369 g/mol. The van der Waals surface area contributed by atoms with Crippen molar-refractivity contribution >= 4 is 21.8 Å². The second-order valence-electron chi connectivity index (χ2n) is 6.44. The molecular formula is C19H19N3O3S. The zero-order valence-electron chi connectivity index (χ0n) is 14.1. The SMILES string of the molecule is O=C(CCN=C1NS(=O)(=O)c2ccccc21)N[C@@H]1CCc2ccccc21. The van der Waals surface area contributed by atoms with Crippen molar-refractivity contribution in [3.8, 4) is 0 Å². The van der Waals surface area contributed by atoms with Crippen LogP contribution in [-0.4, -0.2) is 26.7 Å². The van der Waals surface area contributed by atoms with Crippen LogP contribution in [0.3, 0.4) is 0 Å². The summed E-state index contributed by atoms with van der Waals surface area (Å²) in [5.41, 5.74) is 3.03. The van der Waals surface area contributed by atoms with Crippen LogP contribution in [0.15, 0.2) is 58.4 Å². The minimum absolute atomic E-state index is 0.0528. The van der Waals surface area contributed by atoms with Crippen LogP contribution in [0.4, 0.5) is 0 Å². The van der Waals surface area contributed by atoms with Crippen molar-refractivity contribution in [1.82, 2.24) is 10.0 Å². The summed E-state index contributed by atoms with van der Waals surface area (Å²) in [7, 11) is -3.54. The van der Waals surface area contributed by atoms with E-state index in [1.807, 2.05) is 12.1 Å². The topological polar surface area (TPSA) is 87.6 Å². The zero-order valence-corrected chi connectivity index (χ0v) is 14.9. The Hall–Kier alpha value is -2.67. The first-order valence-electron chi connectivity index (χ1n) is 8.58. The van der Waals surface area contributed by atoms with E-state index in [4.69, 9.17) is 0 Å². The Bertz CT molecular complexity index is 999. The van der Waals surface area contributed by atoms with E-state index in [1.54, 1.807) is 24.3 Å². The van der Waals surface area contributed by atoms with Gasteiger partial charge in [-0.05, 0) is 36.1 Å². The largest absolute Gasteiger partial charge is 0.349 e. The first kappa shape index (κ1) is 16.8. The Balaban J connectivity index is 1.38. The highest BCUT2D eigenvalue weighted by Gasteiger charge is 2.30. The molecule has 2 aromatic rings. The van der Waals surface area contributed by atoms with E-state index in [0.29, 0.717) is 11.4 Å². The normalized spacial score (nSPS) is 21.1. The van der Waals surface area contributed by atoms with Gasteiger partial charge in [-0.1, -0.05) is 36.4 Å². The lowest BCUT2D eigenvalue weighted by molar-refractivity contribution is -0.121. The summed E-state index contributed by atoms with van der Waals surface area (Å²) in [4.78, 5) is 16.7. The van der Waals surface area contributed by atoms with E-state index in [-0.39, 0.29) is 29.8 Å². The Kier molecular flexibility index (Phi) is 4.24. The van der Waals surface area contributed by atoms with Crippen LogP contribution in [0, 0.1) is 0 Å². The Morgan fingerprint density at radius 2 is 1.92 bits per heavy atom. The number of amides is 1. The summed E-state index contributed by atoms with van der Waals surface area (Å²) < 4.78 is 26.5. The van der Waals surface area contributed by atoms with Crippen LogP contribution in [0.5, 0.6) is 0 Å². The number of benzene rings is 2. The predicted octanol–water partition coefficient (Wildman–Crippen LogP) is 1.92. The molecule has 2 aliphatic rings. The number of rotatable bonds is 4. The van der Waals surface area contributed by atoms with Gasteiger partial charge in [-0.2, -0.15) is 0 Å². The van der Waals surface area contributed by atoms with Crippen molar-refractivity contribution in [2.24, 2.45) is 4.99 Å². The molecule has 2 N–H and O–H groups in total. The van der Waals surface area contributed by atoms with E-state index in [1.165, 1.54) is 11.1 Å². The van der Waals surface area contributed by atoms with Gasteiger partial charge in [0.1, 0.15) is 5.84 Å². The molecule has 1 aliphatic heterocycles. The molecule has 26 heavy (non-hydrogen) atoms. The van der Waals surface area contributed by atoms with Crippen molar-refractivity contribution in [3.05, 3.63) is 65.2 Å². The molecule has 7 heteroatoms. The molecule has 0 aromatic heterocycles. The molecule has 134 valence electrons. The van der Waals surface area contributed by atoms with Crippen molar-refractivity contribution in [2.45, 2.75) is 30.2 Å². The van der Waals surface area contributed by atoms with Gasteiger partial charge in [0, 0.05) is 12.0 Å². The maximum atomic E-state index is 12.2. The summed E-state index contributed by atoms with van der Waals surface area (Å²) in [5, 5.41) is 3.05. The molecule has 4 rings (SSSR count). The van der Waals surface area contributed by atoms with Crippen LogP contribution in [0.25, 0.3) is 0 Å². The van der Waals surface area contributed by atoms with Gasteiger partial charge in [-0.15, -0.1) is 0 Å². The first-order chi connectivity index (χ1) is 12.5. The van der Waals surface area contributed by atoms with Crippen molar-refractivity contribution < 1.29 is 13.2 Å². The highest BCUT2D eigenvalue weighted by Crippen LogP contribution is 2.30. The summed E-state index contributed by atoms with van der Waals surface area (Å²) >= 11 is 0. The van der Waals surface area contributed by atoms with Gasteiger partial charge in [0.05, 0.1) is 17.5 Å². The summed E-state index contributed by atoms with van der Waals surface area (Å²) in [6.45, 7) is 0.229. The second kappa shape index (κ2) is 6.57. The first-order valence-corrected chi connectivity index (χ1v) is 10.1. The number of amidine groups is 1. The number of nitrogens with zero attached hydrogens (tertiary/aromatic N) is 1. The smallest absolute Gasteiger partial charge is 0.263 e. The maximum Gasteiger partial charge on any atom is 0.263 e. The molecule has 1 aliphatic carbocycles. The third-order valence-electron chi connectivity index (χ3n) is 4.74. The van der Waals surface area contributed by atoms with Crippen molar-refractivity contribution in [1.29, 1.82) is 0 Å². The number of nitrogens with one attached hydrogen (secondary N) is 2. The fourth-order valence-electron chi connectivity index (χ4n) is 3.49. The maximum absolute atomic E-state index is 12.2. The minimum atomic E-state index is -3.54. The number of carbonyl (C=O) groups excluding carboxylic acids is 1. The molecule has 0 bridgehead atoms. The molecule has 0 unspecified atom stereocenters. The van der Waals surface area contributed by atoms with Gasteiger partial charge in [0.15, 0.2) is 0 Å². The summed E-state index contributed by atoms with van der Waals surface area (Å²) in [6.07, 6.45) is 2.10. The van der Waals surface area contributed by atoms with E-state index < -0.39 is 10.0 Å². The third kappa shape index (κ3) is 3.10. The highest BCUT2D eigenvalue weighted by molar-refractivity contribution is 7.90. The van der Waals surface area contributed by atoms with Crippen LogP contribution in [-0.2, 0) is 21.2 Å². The molecule has 0 spiro atoms. The number of aryl methyl sites for hydroxylation is 1. The van der Waals surface area contributed by atoms with Crippen LogP contribution >= 0.6 is 0 Å². The molecule has 0 saturated heterocycles. The fourth-order valence-corrected chi connectivity index (χ4v) is 4.75. The second-order valence-corrected chi connectivity index (χ2v) is 8.09. The molecule has 0 fully saturated rings. The quantitative estimate of drug-likeness (QED) is 0.863. The van der Waals surface area contributed by atoms with Crippen LogP contribution in [0.1, 0.15) is 35.6 Å². The van der Waals surface area contributed by atoms with Gasteiger partial charge >= 0.3 is 0 Å². The van der Waals surface area contributed by atoms with E-state index >= 15 is 0 Å². The van der Waals surface area contributed by atoms with E-state index in [9.17, 15) is 13.2 Å². The Morgan fingerprint density at radius 3 is 2.81 bits per heavy atom. The summed E-state index contributed by atoms with van der Waals surface area (Å²) in [5.74, 6) is 0.227. The average Bonchev–Trinajstić information content (AvgIpc) is 3.15. The predicted molar refractivity (Wildman–Crippen MR) is 98.4 cm³/mol. The van der Waals surface area contributed by atoms with Crippen LogP contribution in [0.2, 0.25) is 0 Å². The number of aliphatic imine (C=N–C) groups is 1. The van der Waals surface area contributed by atoms with Gasteiger partial charge in [-0.3, -0.25) is 14.5 Å². The van der Waals surface area contributed by atoms with Gasteiger partial charge in [0.25, 0.3) is 10.0 Å². The zero-order chi connectivity index (χ0) is 18.1. The lowest BCUT2D eigenvalue weighted by Crippen LogP contribution is -2.28. The van der Waals surface area contributed by atoms with Crippen LogP contribution < -0.4 is 10.0 Å². The number of fused-ring (bicyclic) bond motifs is 2. The summed E-state index contributed by atoms with van der Waals surface area (Å²) in [6, 6.07) is 14.9. The van der Waals surface area contributed by atoms with Gasteiger partial charge in [0.2, 0.25) is 5.91 Å². The highest BCUT2D eigenvalue weighted by atomic mass is 32.2. The van der Waals surface area contributed by atoms with E-state index in [0.717, 1.165) is 12.8 Å². The fraction of sp³-hybridized carbons (Fsp3) is 0.263. The molecule has 0 radical (unpaired) electrons. The molecule has 6 nitrogen and oxygen atoms in total. The minimum Gasteiger partial charge on any atom is -0.349 e. The Morgan fingerprint density at radius 1 is 1.15 bits per heavy atom. The monoisotopic (exact) mass is 369 g/mol. The lowest BCUT2D eigenvalue weighted by atomic mass is 10.1. The number of hydrogen-bond donors (Lipinski definition) is 2. The number of sulfonamides is 1. The number of carbonyl (C=O) groups is 1. The van der Waals surface area contributed by atoms with E-state index in [2.05, 4.69) is 27.2 Å². The Labute approximate surface area is 152 Å². The molecule has 1 heterocycles. The van der Waals surface area contributed by atoms with Crippen molar-refractivity contribution in [3.63, 3.8) is 0 Å². The molecule has 2 aromatic carbocycles. The van der Waals surface area contributed by atoms with Gasteiger partial charge < -0.3 is 5.32 Å². The standard InChI is InChI=1S/C19H19N3O3S/c23-18(21-16-10-9-13-5-1-2-6-14(13)16)11-12-20-19-15-7-3-4-8-17(15)26(24,25)22-19/h1-8,16H,9-12H2,(H,20,22)(H,21,23)/t16-/m1/s1. The molecule has 1 amide bonds. The molecule has 1 atom stereocenters.